The summed E-state index contributed by atoms with van der Waals surface area (Å²) < 4.78 is 27.0. The van der Waals surface area contributed by atoms with Crippen molar-refractivity contribution >= 4 is 31.6 Å². The fourth-order valence-corrected chi connectivity index (χ4v) is 4.15. The molecule has 1 aromatic carbocycles. The van der Waals surface area contributed by atoms with Crippen molar-refractivity contribution in [2.75, 3.05) is 13.1 Å². The second-order valence-corrected chi connectivity index (χ2v) is 7.10. The van der Waals surface area contributed by atoms with Crippen molar-refractivity contribution in [3.05, 3.63) is 32.8 Å². The van der Waals surface area contributed by atoms with Crippen LogP contribution in [0.3, 0.4) is 0 Å². The van der Waals surface area contributed by atoms with Gasteiger partial charge in [0.15, 0.2) is 4.90 Å². The number of nitro groups is 1. The Morgan fingerprint density at radius 2 is 1.80 bits per heavy atom. The molecule has 0 aromatic heterocycles. The van der Waals surface area contributed by atoms with E-state index in [0.717, 1.165) is 0 Å². The lowest BCUT2D eigenvalue weighted by Gasteiger charge is -2.20. The second-order valence-electron chi connectivity index (χ2n) is 4.27. The minimum absolute atomic E-state index is 0.265. The summed E-state index contributed by atoms with van der Waals surface area (Å²) in [5, 5.41) is 11.0. The Balaban J connectivity index is 3.39. The molecule has 1 aromatic rings. The number of sulfonamides is 1. The van der Waals surface area contributed by atoms with Crippen LogP contribution in [0.5, 0.6) is 0 Å². The summed E-state index contributed by atoms with van der Waals surface area (Å²) in [4.78, 5) is 10.1. The molecule has 0 saturated heterocycles. The lowest BCUT2D eigenvalue weighted by molar-refractivity contribution is -0.387. The van der Waals surface area contributed by atoms with Gasteiger partial charge in [-0.1, -0.05) is 29.8 Å². The smallest absolute Gasteiger partial charge is 0.258 e. The zero-order valence-electron chi connectivity index (χ0n) is 11.4. The molecule has 0 aliphatic carbocycles. The summed E-state index contributed by atoms with van der Waals surface area (Å²) in [6.45, 7) is 4.43. The fourth-order valence-electron chi connectivity index (χ4n) is 1.84. The van der Waals surface area contributed by atoms with Crippen LogP contribution in [0.2, 0.25) is 0 Å². The minimum Gasteiger partial charge on any atom is -0.258 e. The van der Waals surface area contributed by atoms with Crippen molar-refractivity contribution in [3.8, 4) is 0 Å². The van der Waals surface area contributed by atoms with Gasteiger partial charge in [-0.05, 0) is 25.0 Å². The highest BCUT2D eigenvalue weighted by Crippen LogP contribution is 2.29. The van der Waals surface area contributed by atoms with Crippen LogP contribution >= 0.6 is 15.9 Å². The predicted octanol–water partition coefficient (Wildman–Crippen LogP) is 3.17. The highest BCUT2D eigenvalue weighted by atomic mass is 79.9. The molecule has 0 fully saturated rings. The highest BCUT2D eigenvalue weighted by molar-refractivity contribution is 9.10. The van der Waals surface area contributed by atoms with Crippen molar-refractivity contribution in [1.29, 1.82) is 0 Å². The predicted molar refractivity (Wildman–Crippen MR) is 80.1 cm³/mol. The zero-order chi connectivity index (χ0) is 15.3. The Morgan fingerprint density at radius 3 is 2.25 bits per heavy atom. The highest BCUT2D eigenvalue weighted by Gasteiger charge is 2.30. The van der Waals surface area contributed by atoms with E-state index < -0.39 is 20.6 Å². The second kappa shape index (κ2) is 7.14. The van der Waals surface area contributed by atoms with E-state index in [0.29, 0.717) is 30.4 Å². The fraction of sp³-hybridized carbons (Fsp3) is 0.500. The van der Waals surface area contributed by atoms with Crippen LogP contribution in [0, 0.1) is 10.1 Å². The van der Waals surface area contributed by atoms with Crippen molar-refractivity contribution < 1.29 is 13.3 Å². The van der Waals surface area contributed by atoms with Gasteiger partial charge in [-0.3, -0.25) is 10.1 Å². The van der Waals surface area contributed by atoms with E-state index in [2.05, 4.69) is 15.9 Å². The zero-order valence-corrected chi connectivity index (χ0v) is 13.8. The van der Waals surface area contributed by atoms with Gasteiger partial charge in [0.1, 0.15) is 0 Å². The van der Waals surface area contributed by atoms with Crippen molar-refractivity contribution in [3.63, 3.8) is 0 Å². The number of nitrogens with zero attached hydrogens (tertiary/aromatic N) is 2. The van der Waals surface area contributed by atoms with Gasteiger partial charge in [-0.2, -0.15) is 4.31 Å². The van der Waals surface area contributed by atoms with Crippen LogP contribution < -0.4 is 0 Å². The summed E-state index contributed by atoms with van der Waals surface area (Å²) in [5.74, 6) is 0. The molecule has 0 aliphatic heterocycles. The maximum Gasteiger partial charge on any atom is 0.289 e. The molecular weight excluding hydrogens is 348 g/mol. The quantitative estimate of drug-likeness (QED) is 0.549. The number of benzene rings is 1. The first-order valence-corrected chi connectivity index (χ1v) is 8.52. The van der Waals surface area contributed by atoms with E-state index in [9.17, 15) is 18.5 Å². The first-order chi connectivity index (χ1) is 9.34. The maximum atomic E-state index is 12.6. The van der Waals surface area contributed by atoms with Gasteiger partial charge in [0.05, 0.1) is 4.92 Å². The first-order valence-electron chi connectivity index (χ1n) is 6.28. The Labute approximate surface area is 127 Å². The van der Waals surface area contributed by atoms with Crippen molar-refractivity contribution in [2.45, 2.75) is 31.6 Å². The topological polar surface area (TPSA) is 80.5 Å². The molecular formula is C12H17BrN2O4S. The number of nitro benzene ring substituents is 1. The monoisotopic (exact) mass is 364 g/mol. The normalized spacial score (nSPS) is 11.8. The van der Waals surface area contributed by atoms with E-state index >= 15 is 0 Å². The van der Waals surface area contributed by atoms with Crippen LogP contribution in [-0.4, -0.2) is 30.7 Å². The van der Waals surface area contributed by atoms with Crippen LogP contribution in [-0.2, 0) is 10.0 Å². The van der Waals surface area contributed by atoms with Crippen LogP contribution in [0.1, 0.15) is 26.7 Å². The number of hydrogen-bond acceptors (Lipinski definition) is 4. The molecule has 0 amide bonds. The summed E-state index contributed by atoms with van der Waals surface area (Å²) >= 11 is 3.16. The van der Waals surface area contributed by atoms with Crippen molar-refractivity contribution in [2.24, 2.45) is 0 Å². The summed E-state index contributed by atoms with van der Waals surface area (Å²) in [6.07, 6.45) is 1.31. The molecule has 0 bridgehead atoms. The Morgan fingerprint density at radius 1 is 1.25 bits per heavy atom. The molecule has 6 nitrogen and oxygen atoms in total. The Kier molecular flexibility index (Phi) is 6.09. The summed E-state index contributed by atoms with van der Waals surface area (Å²) in [7, 11) is -3.86. The number of hydrogen-bond donors (Lipinski definition) is 0. The molecule has 0 aliphatic rings. The van der Waals surface area contributed by atoms with Crippen LogP contribution in [0.15, 0.2) is 27.6 Å². The molecule has 0 heterocycles. The maximum absolute atomic E-state index is 12.6. The number of halogens is 1. The van der Waals surface area contributed by atoms with Gasteiger partial charge in [0.25, 0.3) is 5.69 Å². The molecule has 20 heavy (non-hydrogen) atoms. The van der Waals surface area contributed by atoms with Gasteiger partial charge in [0, 0.05) is 23.6 Å². The lowest BCUT2D eigenvalue weighted by Crippen LogP contribution is -2.33. The van der Waals surface area contributed by atoms with E-state index in [1.807, 2.05) is 13.8 Å². The lowest BCUT2D eigenvalue weighted by atomic mass is 10.3. The van der Waals surface area contributed by atoms with E-state index in [1.54, 1.807) is 0 Å². The first kappa shape index (κ1) is 17.1. The van der Waals surface area contributed by atoms with E-state index in [-0.39, 0.29) is 4.90 Å². The van der Waals surface area contributed by atoms with Gasteiger partial charge in [0.2, 0.25) is 10.0 Å². The molecule has 0 radical (unpaired) electrons. The van der Waals surface area contributed by atoms with Crippen LogP contribution in [0.25, 0.3) is 0 Å². The summed E-state index contributed by atoms with van der Waals surface area (Å²) in [5.41, 5.74) is -0.398. The molecule has 0 unspecified atom stereocenters. The minimum atomic E-state index is -3.86. The largest absolute Gasteiger partial charge is 0.289 e. The Bertz CT molecular complexity index is 583. The average molecular weight is 365 g/mol. The standard InChI is InChI=1S/C12H17BrN2O4S/c1-3-7-14(8-4-2)20(18,19)12-9-10(13)5-6-11(12)15(16)17/h5-6,9H,3-4,7-8H2,1-2H3. The van der Waals surface area contributed by atoms with Gasteiger partial charge in [-0.25, -0.2) is 8.42 Å². The van der Waals surface area contributed by atoms with E-state index in [4.69, 9.17) is 0 Å². The molecule has 0 N–H and O–H groups in total. The third-order valence-corrected chi connectivity index (χ3v) is 5.10. The van der Waals surface area contributed by atoms with Gasteiger partial charge >= 0.3 is 0 Å². The molecule has 1 rings (SSSR count). The molecule has 0 atom stereocenters. The SMILES string of the molecule is CCCN(CCC)S(=O)(=O)c1cc(Br)ccc1[N+](=O)[O-]. The molecule has 112 valence electrons. The average Bonchev–Trinajstić information content (AvgIpc) is 2.38. The third-order valence-electron chi connectivity index (χ3n) is 2.68. The van der Waals surface area contributed by atoms with Gasteiger partial charge in [-0.15, -0.1) is 0 Å². The third kappa shape index (κ3) is 3.77. The Hall–Kier alpha value is -0.990. The molecule has 0 spiro atoms. The van der Waals surface area contributed by atoms with Crippen LogP contribution in [0.4, 0.5) is 5.69 Å². The summed E-state index contributed by atoms with van der Waals surface area (Å²) in [6, 6.07) is 3.94. The molecule has 8 heteroatoms. The van der Waals surface area contributed by atoms with Gasteiger partial charge < -0.3 is 0 Å². The van der Waals surface area contributed by atoms with Crippen molar-refractivity contribution in [1.82, 2.24) is 4.31 Å². The van der Waals surface area contributed by atoms with E-state index in [1.165, 1.54) is 22.5 Å². The number of rotatable bonds is 7. The molecule has 0 saturated carbocycles.